The van der Waals surface area contributed by atoms with Crippen molar-refractivity contribution < 1.29 is 14.6 Å². The maximum absolute atomic E-state index is 11.4. The second-order valence-electron chi connectivity index (χ2n) is 11.8. The Bertz CT molecular complexity index is 1290. The van der Waals surface area contributed by atoms with Crippen LogP contribution in [0.2, 0.25) is 0 Å². The number of fused-ring (bicyclic) bond motifs is 2. The molecule has 1 aliphatic heterocycles. The number of hydrogen-bond acceptors (Lipinski definition) is 2. The van der Waals surface area contributed by atoms with E-state index in [1.807, 2.05) is 12.1 Å². The highest BCUT2D eigenvalue weighted by Gasteiger charge is 2.39. The van der Waals surface area contributed by atoms with E-state index in [1.165, 1.54) is 11.1 Å². The lowest BCUT2D eigenvalue weighted by Gasteiger charge is -2.38. The third-order valence-corrected chi connectivity index (χ3v) is 7.45. The van der Waals surface area contributed by atoms with Crippen molar-refractivity contribution in [1.82, 2.24) is 0 Å². The van der Waals surface area contributed by atoms with E-state index in [0.29, 0.717) is 0 Å². The lowest BCUT2D eigenvalue weighted by atomic mass is 9.71. The molecule has 4 rings (SSSR count). The highest BCUT2D eigenvalue weighted by Crippen LogP contribution is 2.55. The van der Waals surface area contributed by atoms with Gasteiger partial charge in [-0.1, -0.05) is 79.7 Å². The fourth-order valence-corrected chi connectivity index (χ4v) is 5.03. The quantitative estimate of drug-likeness (QED) is 0.366. The van der Waals surface area contributed by atoms with Gasteiger partial charge >= 0.3 is 5.97 Å². The summed E-state index contributed by atoms with van der Waals surface area (Å²) in [5, 5.41) is 9.35. The molecule has 0 radical (unpaired) electrons. The number of carboxylic acid groups (broad SMARTS) is 1. The highest BCUT2D eigenvalue weighted by atomic mass is 79.9. The van der Waals surface area contributed by atoms with Crippen LogP contribution in [0.1, 0.15) is 88.0 Å². The Morgan fingerprint density at radius 1 is 0.824 bits per heavy atom. The standard InChI is InChI=1S/C30H33BrO3/c1-28(2,3)19-13-21(17-9-11-18(12-10-17)27(32)33)25-22(14-19)30(7,8)23-15-20(29(4,5)6)16-24(31)26(23)34-25/h9-16H,1-8H3,(H,32,33). The monoisotopic (exact) mass is 520 g/mol. The van der Waals surface area contributed by atoms with Gasteiger partial charge in [0, 0.05) is 22.1 Å². The fourth-order valence-electron chi connectivity index (χ4n) is 4.48. The SMILES string of the molecule is CC(C)(C)c1cc(Br)c2c(c1)C(C)(C)c1cc(C(C)(C)C)cc(-c3ccc(C(=O)O)cc3)c1O2. The molecule has 0 aromatic heterocycles. The molecule has 178 valence electrons. The number of halogens is 1. The van der Waals surface area contributed by atoms with E-state index < -0.39 is 5.97 Å². The molecule has 0 spiro atoms. The van der Waals surface area contributed by atoms with Gasteiger partial charge in [-0.05, 0) is 67.7 Å². The minimum atomic E-state index is -0.929. The molecule has 0 saturated heterocycles. The molecule has 1 N–H and O–H groups in total. The zero-order valence-corrected chi connectivity index (χ0v) is 22.8. The van der Waals surface area contributed by atoms with Crippen molar-refractivity contribution in [1.29, 1.82) is 0 Å². The number of benzene rings is 3. The van der Waals surface area contributed by atoms with Crippen LogP contribution in [0.25, 0.3) is 11.1 Å². The molecule has 3 aromatic rings. The van der Waals surface area contributed by atoms with Crippen LogP contribution < -0.4 is 4.74 Å². The summed E-state index contributed by atoms with van der Waals surface area (Å²) in [5.41, 5.74) is 6.63. The van der Waals surface area contributed by atoms with Gasteiger partial charge in [-0.25, -0.2) is 4.79 Å². The first-order valence-corrected chi connectivity index (χ1v) is 12.4. The van der Waals surface area contributed by atoms with E-state index >= 15 is 0 Å². The van der Waals surface area contributed by atoms with Crippen LogP contribution in [0.5, 0.6) is 11.5 Å². The van der Waals surface area contributed by atoms with E-state index in [0.717, 1.165) is 38.2 Å². The molecular weight excluding hydrogens is 488 g/mol. The molecule has 4 heteroatoms. The average molecular weight is 521 g/mol. The zero-order valence-electron chi connectivity index (χ0n) is 21.3. The van der Waals surface area contributed by atoms with E-state index in [2.05, 4.69) is 95.6 Å². The van der Waals surface area contributed by atoms with Crippen molar-refractivity contribution in [2.24, 2.45) is 0 Å². The van der Waals surface area contributed by atoms with Crippen molar-refractivity contribution in [2.45, 2.75) is 71.6 Å². The Kier molecular flexibility index (Phi) is 5.76. The van der Waals surface area contributed by atoms with Crippen LogP contribution in [0.4, 0.5) is 0 Å². The summed E-state index contributed by atoms with van der Waals surface area (Å²) in [7, 11) is 0. The minimum absolute atomic E-state index is 0.0121. The molecule has 3 aromatic carbocycles. The second-order valence-corrected chi connectivity index (χ2v) is 12.7. The largest absolute Gasteiger partial charge is 0.478 e. The second kappa shape index (κ2) is 7.98. The number of rotatable bonds is 2. The molecule has 0 atom stereocenters. The Morgan fingerprint density at radius 3 is 1.82 bits per heavy atom. The minimum Gasteiger partial charge on any atom is -0.478 e. The molecule has 3 nitrogen and oxygen atoms in total. The summed E-state index contributed by atoms with van der Waals surface area (Å²) >= 11 is 3.79. The number of aromatic carboxylic acids is 1. The van der Waals surface area contributed by atoms with Gasteiger partial charge in [0.15, 0.2) is 0 Å². The Balaban J connectivity index is 2.00. The van der Waals surface area contributed by atoms with Gasteiger partial charge in [0.1, 0.15) is 11.5 Å². The Labute approximate surface area is 211 Å². The van der Waals surface area contributed by atoms with E-state index in [4.69, 9.17) is 4.74 Å². The molecule has 34 heavy (non-hydrogen) atoms. The summed E-state index contributed by atoms with van der Waals surface area (Å²) < 4.78 is 7.62. The summed E-state index contributed by atoms with van der Waals surface area (Å²) in [6.45, 7) is 17.8. The van der Waals surface area contributed by atoms with Crippen molar-refractivity contribution >= 4 is 21.9 Å². The van der Waals surface area contributed by atoms with Gasteiger partial charge in [-0.15, -0.1) is 0 Å². The van der Waals surface area contributed by atoms with Gasteiger partial charge in [0.2, 0.25) is 0 Å². The maximum atomic E-state index is 11.4. The topological polar surface area (TPSA) is 46.5 Å². The predicted octanol–water partition coefficient (Wildman–Crippen LogP) is 8.84. The molecular formula is C30H33BrO3. The number of carboxylic acids is 1. The third kappa shape index (κ3) is 4.17. The van der Waals surface area contributed by atoms with Crippen LogP contribution in [0.3, 0.4) is 0 Å². The first-order valence-electron chi connectivity index (χ1n) is 11.7. The summed E-state index contributed by atoms with van der Waals surface area (Å²) in [4.78, 5) is 11.4. The van der Waals surface area contributed by atoms with E-state index in [9.17, 15) is 9.90 Å². The third-order valence-electron chi connectivity index (χ3n) is 6.86. The van der Waals surface area contributed by atoms with Crippen molar-refractivity contribution in [3.8, 4) is 22.6 Å². The van der Waals surface area contributed by atoms with Crippen LogP contribution in [0, 0.1) is 0 Å². The van der Waals surface area contributed by atoms with Gasteiger partial charge < -0.3 is 9.84 Å². The molecule has 0 unspecified atom stereocenters. The first-order chi connectivity index (χ1) is 15.6. The average Bonchev–Trinajstić information content (AvgIpc) is 2.72. The van der Waals surface area contributed by atoms with Crippen molar-refractivity contribution in [3.05, 3.63) is 80.8 Å². The van der Waals surface area contributed by atoms with Gasteiger partial charge in [-0.3, -0.25) is 0 Å². The Hall–Kier alpha value is -2.59. The zero-order chi connectivity index (χ0) is 25.2. The number of hydrogen-bond donors (Lipinski definition) is 1. The van der Waals surface area contributed by atoms with E-state index in [-0.39, 0.29) is 21.8 Å². The van der Waals surface area contributed by atoms with Crippen LogP contribution in [0.15, 0.2) is 53.0 Å². The summed E-state index contributed by atoms with van der Waals surface area (Å²) in [6, 6.07) is 16.0. The molecule has 0 saturated carbocycles. The fraction of sp³-hybridized carbons (Fsp3) is 0.367. The Morgan fingerprint density at radius 2 is 1.32 bits per heavy atom. The summed E-state index contributed by atoms with van der Waals surface area (Å²) in [5.74, 6) is 0.747. The maximum Gasteiger partial charge on any atom is 0.335 e. The lowest BCUT2D eigenvalue weighted by molar-refractivity contribution is 0.0697. The highest BCUT2D eigenvalue weighted by molar-refractivity contribution is 9.10. The predicted molar refractivity (Wildman–Crippen MR) is 143 cm³/mol. The van der Waals surface area contributed by atoms with Crippen LogP contribution in [-0.4, -0.2) is 11.1 Å². The van der Waals surface area contributed by atoms with Crippen molar-refractivity contribution in [2.75, 3.05) is 0 Å². The molecule has 1 heterocycles. The molecule has 0 fully saturated rings. The summed E-state index contributed by atoms with van der Waals surface area (Å²) in [6.07, 6.45) is 0. The van der Waals surface area contributed by atoms with Gasteiger partial charge in [0.05, 0.1) is 10.0 Å². The first kappa shape index (κ1) is 24.5. The lowest BCUT2D eigenvalue weighted by Crippen LogP contribution is -2.27. The molecule has 1 aliphatic rings. The van der Waals surface area contributed by atoms with Crippen molar-refractivity contribution in [3.63, 3.8) is 0 Å². The van der Waals surface area contributed by atoms with Gasteiger partial charge in [-0.2, -0.15) is 0 Å². The van der Waals surface area contributed by atoms with Crippen LogP contribution >= 0.6 is 15.9 Å². The van der Waals surface area contributed by atoms with Crippen LogP contribution in [-0.2, 0) is 16.2 Å². The van der Waals surface area contributed by atoms with E-state index in [1.54, 1.807) is 12.1 Å². The molecule has 0 amide bonds. The molecule has 0 aliphatic carbocycles. The molecule has 0 bridgehead atoms. The number of carbonyl (C=O) groups is 1. The number of ether oxygens (including phenoxy) is 1. The smallest absolute Gasteiger partial charge is 0.335 e. The normalized spacial score (nSPS) is 14.7. The van der Waals surface area contributed by atoms with Gasteiger partial charge in [0.25, 0.3) is 0 Å².